The number of ether oxygens (including phenoxy) is 1. The van der Waals surface area contributed by atoms with Crippen molar-refractivity contribution in [3.05, 3.63) is 35.4 Å². The normalized spacial score (nSPS) is 14.1. The SMILES string of the molecule is CS(=O)(=O)CCNC(=O)/C=C/c1ccc2c(c1)CCO2. The third-order valence-corrected chi connectivity index (χ3v) is 3.86. The molecule has 6 heteroatoms. The summed E-state index contributed by atoms with van der Waals surface area (Å²) in [6.07, 6.45) is 5.13. The average molecular weight is 295 g/mol. The Kier molecular flexibility index (Phi) is 4.44. The lowest BCUT2D eigenvalue weighted by molar-refractivity contribution is -0.116. The molecule has 0 radical (unpaired) electrons. The summed E-state index contributed by atoms with van der Waals surface area (Å²) >= 11 is 0. The van der Waals surface area contributed by atoms with E-state index in [2.05, 4.69) is 5.32 Å². The van der Waals surface area contributed by atoms with Crippen LogP contribution in [0.2, 0.25) is 0 Å². The third kappa shape index (κ3) is 4.38. The lowest BCUT2D eigenvalue weighted by atomic mass is 10.1. The summed E-state index contributed by atoms with van der Waals surface area (Å²) in [7, 11) is -3.05. The highest BCUT2D eigenvalue weighted by atomic mass is 32.2. The van der Waals surface area contributed by atoms with Gasteiger partial charge in [0.05, 0.1) is 12.4 Å². The molecule has 1 amide bonds. The first-order chi connectivity index (χ1) is 9.44. The van der Waals surface area contributed by atoms with Crippen LogP contribution < -0.4 is 10.1 Å². The fourth-order valence-corrected chi connectivity index (χ4v) is 2.37. The van der Waals surface area contributed by atoms with E-state index >= 15 is 0 Å². The molecule has 2 rings (SSSR count). The van der Waals surface area contributed by atoms with Gasteiger partial charge in [0, 0.05) is 25.3 Å². The van der Waals surface area contributed by atoms with Gasteiger partial charge in [-0.05, 0) is 29.3 Å². The second-order valence-corrected chi connectivity index (χ2v) is 6.98. The lowest BCUT2D eigenvalue weighted by Crippen LogP contribution is -2.27. The summed E-state index contributed by atoms with van der Waals surface area (Å²) in [6, 6.07) is 5.76. The van der Waals surface area contributed by atoms with Crippen LogP contribution in [-0.4, -0.2) is 39.5 Å². The molecule has 1 heterocycles. The third-order valence-electron chi connectivity index (χ3n) is 2.91. The number of rotatable bonds is 5. The van der Waals surface area contributed by atoms with Crippen LogP contribution in [-0.2, 0) is 21.1 Å². The van der Waals surface area contributed by atoms with Crippen molar-refractivity contribution in [1.82, 2.24) is 5.32 Å². The molecule has 0 aromatic heterocycles. The predicted molar refractivity (Wildman–Crippen MR) is 77.4 cm³/mol. The molecule has 0 aliphatic carbocycles. The Bertz CT molecular complexity index is 635. The lowest BCUT2D eigenvalue weighted by Gasteiger charge is -2.01. The van der Waals surface area contributed by atoms with Crippen molar-refractivity contribution in [2.45, 2.75) is 6.42 Å². The summed E-state index contributed by atoms with van der Waals surface area (Å²) < 4.78 is 27.2. The smallest absolute Gasteiger partial charge is 0.244 e. The molecule has 1 aliphatic rings. The number of fused-ring (bicyclic) bond motifs is 1. The van der Waals surface area contributed by atoms with Crippen molar-refractivity contribution >= 4 is 21.8 Å². The molecule has 0 atom stereocenters. The first-order valence-electron chi connectivity index (χ1n) is 6.33. The van der Waals surface area contributed by atoms with Crippen LogP contribution in [0.1, 0.15) is 11.1 Å². The molecule has 5 nitrogen and oxygen atoms in total. The van der Waals surface area contributed by atoms with Crippen molar-refractivity contribution in [3.63, 3.8) is 0 Å². The molecule has 0 saturated carbocycles. The van der Waals surface area contributed by atoms with Crippen molar-refractivity contribution < 1.29 is 17.9 Å². The molecule has 0 bridgehead atoms. The van der Waals surface area contributed by atoms with Crippen LogP contribution >= 0.6 is 0 Å². The van der Waals surface area contributed by atoms with Gasteiger partial charge in [-0.25, -0.2) is 8.42 Å². The highest BCUT2D eigenvalue weighted by Crippen LogP contribution is 2.26. The fourth-order valence-electron chi connectivity index (χ4n) is 1.90. The molecule has 0 spiro atoms. The van der Waals surface area contributed by atoms with Crippen LogP contribution in [0, 0.1) is 0 Å². The summed E-state index contributed by atoms with van der Waals surface area (Å²) in [5.74, 6) is 0.549. The van der Waals surface area contributed by atoms with E-state index in [4.69, 9.17) is 4.74 Å². The molecular formula is C14H17NO4S. The van der Waals surface area contributed by atoms with Gasteiger partial charge in [0.1, 0.15) is 15.6 Å². The molecular weight excluding hydrogens is 278 g/mol. The Balaban J connectivity index is 1.87. The zero-order valence-corrected chi connectivity index (χ0v) is 12.1. The molecule has 1 aromatic carbocycles. The number of amides is 1. The minimum atomic E-state index is -3.05. The van der Waals surface area contributed by atoms with E-state index in [0.29, 0.717) is 6.61 Å². The second-order valence-electron chi connectivity index (χ2n) is 4.72. The van der Waals surface area contributed by atoms with Crippen LogP contribution in [0.4, 0.5) is 0 Å². The second kappa shape index (κ2) is 6.09. The molecule has 0 saturated heterocycles. The van der Waals surface area contributed by atoms with Gasteiger partial charge in [-0.2, -0.15) is 0 Å². The van der Waals surface area contributed by atoms with Gasteiger partial charge in [-0.3, -0.25) is 4.79 Å². The summed E-state index contributed by atoms with van der Waals surface area (Å²) in [5, 5.41) is 2.53. The van der Waals surface area contributed by atoms with E-state index < -0.39 is 9.84 Å². The largest absolute Gasteiger partial charge is 0.493 e. The quantitative estimate of drug-likeness (QED) is 0.815. The summed E-state index contributed by atoms with van der Waals surface area (Å²) in [4.78, 5) is 11.5. The Labute approximate surface area is 118 Å². The number of sulfone groups is 1. The molecule has 1 aliphatic heterocycles. The molecule has 0 unspecified atom stereocenters. The maximum absolute atomic E-state index is 11.5. The monoisotopic (exact) mass is 295 g/mol. The number of carbonyl (C=O) groups is 1. The highest BCUT2D eigenvalue weighted by molar-refractivity contribution is 7.90. The number of benzene rings is 1. The summed E-state index contributed by atoms with van der Waals surface area (Å²) in [6.45, 7) is 0.828. The molecule has 1 N–H and O–H groups in total. The maximum Gasteiger partial charge on any atom is 0.244 e. The fraction of sp³-hybridized carbons (Fsp3) is 0.357. The van der Waals surface area contributed by atoms with E-state index in [1.54, 1.807) is 6.08 Å². The van der Waals surface area contributed by atoms with Crippen molar-refractivity contribution in [1.29, 1.82) is 0 Å². The average Bonchev–Trinajstić information content (AvgIpc) is 2.82. The zero-order valence-electron chi connectivity index (χ0n) is 11.3. The number of nitrogens with one attached hydrogen (secondary N) is 1. The van der Waals surface area contributed by atoms with Gasteiger partial charge in [0.2, 0.25) is 5.91 Å². The van der Waals surface area contributed by atoms with E-state index in [-0.39, 0.29) is 18.2 Å². The maximum atomic E-state index is 11.5. The van der Waals surface area contributed by atoms with Crippen LogP contribution in [0.15, 0.2) is 24.3 Å². The summed E-state index contributed by atoms with van der Waals surface area (Å²) in [5.41, 5.74) is 2.07. The van der Waals surface area contributed by atoms with Crippen LogP contribution in [0.25, 0.3) is 6.08 Å². The molecule has 20 heavy (non-hydrogen) atoms. The Morgan fingerprint density at radius 3 is 3.00 bits per heavy atom. The van der Waals surface area contributed by atoms with Gasteiger partial charge in [0.25, 0.3) is 0 Å². The van der Waals surface area contributed by atoms with Crippen LogP contribution in [0.5, 0.6) is 5.75 Å². The standard InChI is InChI=1S/C14H17NO4S/c1-20(17,18)9-7-15-14(16)5-3-11-2-4-13-12(10-11)6-8-19-13/h2-5,10H,6-9H2,1H3,(H,15,16)/b5-3+. The van der Waals surface area contributed by atoms with Crippen molar-refractivity contribution in [2.75, 3.05) is 25.2 Å². The van der Waals surface area contributed by atoms with Gasteiger partial charge in [-0.1, -0.05) is 6.07 Å². The van der Waals surface area contributed by atoms with Gasteiger partial charge in [-0.15, -0.1) is 0 Å². The minimum absolute atomic E-state index is 0.0528. The molecule has 0 fully saturated rings. The first-order valence-corrected chi connectivity index (χ1v) is 8.39. The Morgan fingerprint density at radius 1 is 1.45 bits per heavy atom. The Morgan fingerprint density at radius 2 is 2.25 bits per heavy atom. The number of hydrogen-bond donors (Lipinski definition) is 1. The van der Waals surface area contributed by atoms with Gasteiger partial charge >= 0.3 is 0 Å². The van der Waals surface area contributed by atoms with Crippen LogP contribution in [0.3, 0.4) is 0 Å². The van der Waals surface area contributed by atoms with E-state index in [1.165, 1.54) is 6.08 Å². The van der Waals surface area contributed by atoms with E-state index in [0.717, 1.165) is 29.6 Å². The minimum Gasteiger partial charge on any atom is -0.493 e. The highest BCUT2D eigenvalue weighted by Gasteiger charge is 2.11. The first kappa shape index (κ1) is 14.6. The molecule has 108 valence electrons. The topological polar surface area (TPSA) is 72.5 Å². The molecule has 1 aromatic rings. The number of carbonyl (C=O) groups excluding carboxylic acids is 1. The van der Waals surface area contributed by atoms with Gasteiger partial charge < -0.3 is 10.1 Å². The zero-order chi connectivity index (χ0) is 14.6. The van der Waals surface area contributed by atoms with Gasteiger partial charge in [0.15, 0.2) is 0 Å². The van der Waals surface area contributed by atoms with Crippen molar-refractivity contribution in [2.24, 2.45) is 0 Å². The number of hydrogen-bond acceptors (Lipinski definition) is 4. The predicted octanol–water partition coefficient (Wildman–Crippen LogP) is 0.795. The van der Waals surface area contributed by atoms with E-state index in [9.17, 15) is 13.2 Å². The van der Waals surface area contributed by atoms with Crippen molar-refractivity contribution in [3.8, 4) is 5.75 Å². The van der Waals surface area contributed by atoms with E-state index in [1.807, 2.05) is 18.2 Å². The Hall–Kier alpha value is -1.82.